The van der Waals surface area contributed by atoms with Crippen LogP contribution in [-0.2, 0) is 4.79 Å². The minimum atomic E-state index is -0.132. The van der Waals surface area contributed by atoms with Gasteiger partial charge in [0.1, 0.15) is 0 Å². The van der Waals surface area contributed by atoms with Crippen molar-refractivity contribution in [3.63, 3.8) is 0 Å². The fourth-order valence-corrected chi connectivity index (χ4v) is 2.86. The molecule has 0 radical (unpaired) electrons. The van der Waals surface area contributed by atoms with Crippen LogP contribution < -0.4 is 11.1 Å². The summed E-state index contributed by atoms with van der Waals surface area (Å²) in [4.78, 5) is 12.1. The summed E-state index contributed by atoms with van der Waals surface area (Å²) < 4.78 is 0. The molecule has 0 aliphatic heterocycles. The molecule has 0 heterocycles. The molecule has 1 aliphatic rings. The Hall–Kier alpha value is -0.570. The van der Waals surface area contributed by atoms with Gasteiger partial charge in [0.15, 0.2) is 0 Å². The van der Waals surface area contributed by atoms with Gasteiger partial charge < -0.3 is 11.1 Å². The lowest BCUT2D eigenvalue weighted by atomic mass is 9.76. The highest BCUT2D eigenvalue weighted by Gasteiger charge is 2.34. The highest BCUT2D eigenvalue weighted by Crippen LogP contribution is 2.32. The topological polar surface area (TPSA) is 55.1 Å². The molecular weight excluding hydrogens is 224 g/mol. The normalized spacial score (nSPS) is 29.1. The van der Waals surface area contributed by atoms with E-state index in [1.165, 1.54) is 12.8 Å². The number of carbonyl (C=O) groups excluding carboxylic acids is 1. The summed E-state index contributed by atoms with van der Waals surface area (Å²) in [5.41, 5.74) is 6.00. The van der Waals surface area contributed by atoms with Gasteiger partial charge in [-0.3, -0.25) is 4.79 Å². The molecule has 2 unspecified atom stereocenters. The van der Waals surface area contributed by atoms with Gasteiger partial charge in [-0.25, -0.2) is 0 Å². The van der Waals surface area contributed by atoms with E-state index in [-0.39, 0.29) is 16.9 Å². The van der Waals surface area contributed by atoms with Crippen LogP contribution in [0.15, 0.2) is 0 Å². The molecule has 1 rings (SSSR count). The van der Waals surface area contributed by atoms with E-state index in [4.69, 9.17) is 5.73 Å². The summed E-state index contributed by atoms with van der Waals surface area (Å²) >= 11 is 0. The van der Waals surface area contributed by atoms with Crippen molar-refractivity contribution in [3.05, 3.63) is 0 Å². The molecule has 0 spiro atoms. The first kappa shape index (κ1) is 15.5. The molecule has 0 aromatic heterocycles. The van der Waals surface area contributed by atoms with Crippen LogP contribution in [0.1, 0.15) is 66.2 Å². The summed E-state index contributed by atoms with van der Waals surface area (Å²) in [6.45, 7) is 9.33. The van der Waals surface area contributed by atoms with Gasteiger partial charge in [-0.2, -0.15) is 0 Å². The maximum atomic E-state index is 12.1. The van der Waals surface area contributed by atoms with Crippen molar-refractivity contribution in [2.75, 3.05) is 6.54 Å². The van der Waals surface area contributed by atoms with Crippen LogP contribution in [-0.4, -0.2) is 18.0 Å². The van der Waals surface area contributed by atoms with Crippen LogP contribution in [0.4, 0.5) is 0 Å². The fraction of sp³-hybridized carbons (Fsp3) is 0.933. The molecule has 0 aromatic carbocycles. The molecule has 0 bridgehead atoms. The number of carbonyl (C=O) groups is 1. The molecule has 1 saturated carbocycles. The van der Waals surface area contributed by atoms with Crippen LogP contribution in [0.5, 0.6) is 0 Å². The molecule has 1 fully saturated rings. The van der Waals surface area contributed by atoms with Gasteiger partial charge >= 0.3 is 0 Å². The van der Waals surface area contributed by atoms with Gasteiger partial charge in [0.05, 0.1) is 5.54 Å². The molecule has 3 heteroatoms. The number of amides is 1. The van der Waals surface area contributed by atoms with E-state index >= 15 is 0 Å². The third-order valence-corrected chi connectivity index (χ3v) is 3.99. The van der Waals surface area contributed by atoms with Crippen molar-refractivity contribution in [2.45, 2.75) is 71.8 Å². The van der Waals surface area contributed by atoms with Crippen LogP contribution in [0, 0.1) is 11.3 Å². The van der Waals surface area contributed by atoms with Crippen molar-refractivity contribution in [1.82, 2.24) is 5.32 Å². The van der Waals surface area contributed by atoms with Crippen LogP contribution >= 0.6 is 0 Å². The van der Waals surface area contributed by atoms with Crippen molar-refractivity contribution in [2.24, 2.45) is 17.1 Å². The molecular formula is C15H30N2O. The summed E-state index contributed by atoms with van der Waals surface area (Å²) in [5.74, 6) is 0.842. The maximum absolute atomic E-state index is 12.1. The molecule has 1 aliphatic carbocycles. The first-order valence-electron chi connectivity index (χ1n) is 7.27. The van der Waals surface area contributed by atoms with Crippen LogP contribution in [0.25, 0.3) is 0 Å². The Labute approximate surface area is 112 Å². The summed E-state index contributed by atoms with van der Waals surface area (Å²) in [7, 11) is 0. The lowest BCUT2D eigenvalue weighted by Gasteiger charge is -2.40. The second-order valence-corrected chi connectivity index (χ2v) is 7.29. The monoisotopic (exact) mass is 254 g/mol. The lowest BCUT2D eigenvalue weighted by molar-refractivity contribution is -0.124. The first-order chi connectivity index (χ1) is 8.26. The average Bonchev–Trinajstić information content (AvgIpc) is 2.25. The summed E-state index contributed by atoms with van der Waals surface area (Å²) in [6, 6.07) is 0. The number of hydrogen-bond donors (Lipinski definition) is 2. The standard InChI is InChI=1S/C15H30N2O/c1-12-6-5-8-15(10-12,11-16)17-13(18)7-9-14(2,3)4/h12H,5-11,16H2,1-4H3,(H,17,18). The first-order valence-corrected chi connectivity index (χ1v) is 7.27. The SMILES string of the molecule is CC1CCCC(CN)(NC(=O)CCC(C)(C)C)C1. The zero-order valence-corrected chi connectivity index (χ0v) is 12.5. The number of rotatable bonds is 4. The van der Waals surface area contributed by atoms with Crippen molar-refractivity contribution >= 4 is 5.91 Å². The third kappa shape index (κ3) is 4.97. The molecule has 1 amide bonds. The zero-order valence-electron chi connectivity index (χ0n) is 12.5. The van der Waals surface area contributed by atoms with Crippen molar-refractivity contribution in [1.29, 1.82) is 0 Å². The second-order valence-electron chi connectivity index (χ2n) is 7.29. The quantitative estimate of drug-likeness (QED) is 0.810. The predicted octanol–water partition coefficient (Wildman–Crippen LogP) is 2.84. The highest BCUT2D eigenvalue weighted by atomic mass is 16.1. The lowest BCUT2D eigenvalue weighted by Crippen LogP contribution is -2.56. The minimum Gasteiger partial charge on any atom is -0.349 e. The van der Waals surface area contributed by atoms with Gasteiger partial charge in [0.25, 0.3) is 0 Å². The Morgan fingerprint density at radius 2 is 2.11 bits per heavy atom. The van der Waals surface area contributed by atoms with E-state index in [1.807, 2.05) is 0 Å². The van der Waals surface area contributed by atoms with Gasteiger partial charge in [0.2, 0.25) is 5.91 Å². The van der Waals surface area contributed by atoms with E-state index in [0.29, 0.717) is 18.9 Å². The highest BCUT2D eigenvalue weighted by molar-refractivity contribution is 5.76. The molecule has 2 atom stereocenters. The van der Waals surface area contributed by atoms with Crippen LogP contribution in [0.2, 0.25) is 0 Å². The fourth-order valence-electron chi connectivity index (χ4n) is 2.86. The van der Waals surface area contributed by atoms with E-state index < -0.39 is 0 Å². The number of nitrogens with one attached hydrogen (secondary N) is 1. The van der Waals surface area contributed by atoms with Crippen LogP contribution in [0.3, 0.4) is 0 Å². The third-order valence-electron chi connectivity index (χ3n) is 3.99. The number of nitrogens with two attached hydrogens (primary N) is 1. The molecule has 0 aromatic rings. The molecule has 3 N–H and O–H groups in total. The second kappa shape index (κ2) is 6.05. The Morgan fingerprint density at radius 3 is 2.61 bits per heavy atom. The summed E-state index contributed by atoms with van der Waals surface area (Å²) in [6.07, 6.45) is 6.05. The zero-order chi connectivity index (χ0) is 13.8. The van der Waals surface area contributed by atoms with Gasteiger partial charge in [-0.05, 0) is 30.6 Å². The van der Waals surface area contributed by atoms with Gasteiger partial charge in [-0.1, -0.05) is 40.5 Å². The number of hydrogen-bond acceptors (Lipinski definition) is 2. The Kier molecular flexibility index (Phi) is 5.20. The predicted molar refractivity (Wildman–Crippen MR) is 76.2 cm³/mol. The maximum Gasteiger partial charge on any atom is 0.220 e. The molecule has 106 valence electrons. The molecule has 18 heavy (non-hydrogen) atoms. The van der Waals surface area contributed by atoms with Crippen molar-refractivity contribution < 1.29 is 4.79 Å². The largest absolute Gasteiger partial charge is 0.349 e. The minimum absolute atomic E-state index is 0.132. The summed E-state index contributed by atoms with van der Waals surface area (Å²) in [5, 5.41) is 3.22. The van der Waals surface area contributed by atoms with Crippen molar-refractivity contribution in [3.8, 4) is 0 Å². The average molecular weight is 254 g/mol. The van der Waals surface area contributed by atoms with E-state index in [1.54, 1.807) is 0 Å². The smallest absolute Gasteiger partial charge is 0.220 e. The Bertz CT molecular complexity index is 283. The van der Waals surface area contributed by atoms with Gasteiger partial charge in [0, 0.05) is 13.0 Å². The van der Waals surface area contributed by atoms with E-state index in [0.717, 1.165) is 19.3 Å². The van der Waals surface area contributed by atoms with Gasteiger partial charge in [-0.15, -0.1) is 0 Å². The van der Waals surface area contributed by atoms with E-state index in [2.05, 4.69) is 33.0 Å². The van der Waals surface area contributed by atoms with E-state index in [9.17, 15) is 4.79 Å². The Morgan fingerprint density at radius 1 is 1.44 bits per heavy atom. The molecule has 0 saturated heterocycles. The Balaban J connectivity index is 2.49. The molecule has 3 nitrogen and oxygen atoms in total.